The largest absolute Gasteiger partial charge is 0.392 e. The molecule has 0 bridgehead atoms. The van der Waals surface area contributed by atoms with Gasteiger partial charge >= 0.3 is 17.5 Å². The smallest absolute Gasteiger partial charge is 0.325 e. The van der Waals surface area contributed by atoms with Gasteiger partial charge in [0.25, 0.3) is 0 Å². The van der Waals surface area contributed by atoms with Gasteiger partial charge in [0.15, 0.2) is 11.5 Å². The number of aliphatic hydroxyl groups excluding tert-OH is 1. The first kappa shape index (κ1) is 20.5. The highest BCUT2D eigenvalue weighted by atomic mass is 16.5. The Labute approximate surface area is 176 Å². The van der Waals surface area contributed by atoms with Crippen LogP contribution >= 0.6 is 0 Å². The summed E-state index contributed by atoms with van der Waals surface area (Å²) in [7, 11) is 0. The molecule has 0 unspecified atom stereocenters. The number of pyridine rings is 1. The van der Waals surface area contributed by atoms with Gasteiger partial charge in [0.1, 0.15) is 0 Å². The Morgan fingerprint density at radius 1 is 1.19 bits per heavy atom. The third kappa shape index (κ3) is 4.10. The van der Waals surface area contributed by atoms with Crippen molar-refractivity contribution in [3.8, 4) is 11.1 Å². The maximum Gasteiger partial charge on any atom is 0.325 e. The van der Waals surface area contributed by atoms with E-state index in [0.717, 1.165) is 16.7 Å². The van der Waals surface area contributed by atoms with Gasteiger partial charge in [-0.15, -0.1) is 0 Å². The molecule has 10 nitrogen and oxygen atoms in total. The van der Waals surface area contributed by atoms with E-state index < -0.39 is 5.91 Å². The number of aromatic nitrogens is 5. The normalized spacial score (nSPS) is 11.7. The quantitative estimate of drug-likeness (QED) is 0.384. The van der Waals surface area contributed by atoms with Gasteiger partial charge in [0.05, 0.1) is 12.1 Å². The van der Waals surface area contributed by atoms with Crippen LogP contribution in [0.2, 0.25) is 0 Å². The van der Waals surface area contributed by atoms with Gasteiger partial charge < -0.3 is 19.9 Å². The van der Waals surface area contributed by atoms with Crippen LogP contribution in [0.4, 0.5) is 0 Å². The zero-order valence-electron chi connectivity index (χ0n) is 17.3. The number of carbonyl (C=O) groups is 1. The average molecular weight is 422 g/mol. The Hall–Kier alpha value is -3.79. The van der Waals surface area contributed by atoms with Crippen molar-refractivity contribution in [1.82, 2.24) is 30.4 Å². The maximum absolute atomic E-state index is 12.3. The number of nitrogens with zero attached hydrogens (tertiary/aromatic N) is 3. The van der Waals surface area contributed by atoms with Crippen LogP contribution in [0.3, 0.4) is 0 Å². The summed E-state index contributed by atoms with van der Waals surface area (Å²) in [5.41, 5.74) is 3.26. The van der Waals surface area contributed by atoms with Crippen molar-refractivity contribution in [1.29, 1.82) is 0 Å². The van der Waals surface area contributed by atoms with E-state index in [4.69, 9.17) is 4.52 Å². The third-order valence-electron chi connectivity index (χ3n) is 4.80. The number of benzene rings is 1. The van der Waals surface area contributed by atoms with E-state index in [9.17, 15) is 14.7 Å². The van der Waals surface area contributed by atoms with Crippen LogP contribution in [0.1, 0.15) is 48.4 Å². The summed E-state index contributed by atoms with van der Waals surface area (Å²) in [5.74, 6) is -0.117. The minimum absolute atomic E-state index is 0.0977. The predicted molar refractivity (Wildman–Crippen MR) is 112 cm³/mol. The van der Waals surface area contributed by atoms with Crippen molar-refractivity contribution in [2.45, 2.75) is 39.3 Å². The lowest BCUT2D eigenvalue weighted by Crippen LogP contribution is -2.23. The van der Waals surface area contributed by atoms with E-state index >= 15 is 0 Å². The second-order valence-corrected chi connectivity index (χ2v) is 8.17. The molecule has 0 aliphatic rings. The molecule has 0 saturated carbocycles. The standard InChI is InChI=1S/C21H22N6O4/c1-21(2,3)19-26-18(31-27-19)17(29)23-9-11-4-5-13(12(8-11)10-28)14-6-7-22-16-15(14)24-20(30)25-16/h4-8,28H,9-10H2,1-3H3,(H,23,29)(H2,22,24,25,30). The molecule has 160 valence electrons. The minimum Gasteiger partial charge on any atom is -0.392 e. The molecule has 31 heavy (non-hydrogen) atoms. The number of fused-ring (bicyclic) bond motifs is 1. The van der Waals surface area contributed by atoms with Crippen LogP contribution in [0.15, 0.2) is 39.8 Å². The maximum atomic E-state index is 12.3. The summed E-state index contributed by atoms with van der Waals surface area (Å²) in [6.07, 6.45) is 1.59. The number of hydrogen-bond donors (Lipinski definition) is 4. The van der Waals surface area contributed by atoms with Gasteiger partial charge in [-0.2, -0.15) is 4.98 Å². The first-order valence-corrected chi connectivity index (χ1v) is 9.68. The lowest BCUT2D eigenvalue weighted by Gasteiger charge is -2.11. The summed E-state index contributed by atoms with van der Waals surface area (Å²) in [4.78, 5) is 37.6. The number of hydrogen-bond acceptors (Lipinski definition) is 7. The third-order valence-corrected chi connectivity index (χ3v) is 4.80. The fraction of sp³-hybridized carbons (Fsp3) is 0.286. The van der Waals surface area contributed by atoms with Crippen molar-refractivity contribution in [3.63, 3.8) is 0 Å². The first-order chi connectivity index (χ1) is 14.8. The van der Waals surface area contributed by atoms with E-state index in [2.05, 4.69) is 30.4 Å². The minimum atomic E-state index is -0.474. The summed E-state index contributed by atoms with van der Waals surface area (Å²) < 4.78 is 5.06. The predicted octanol–water partition coefficient (Wildman–Crippen LogP) is 2.02. The van der Waals surface area contributed by atoms with Crippen LogP contribution in [0.5, 0.6) is 0 Å². The molecule has 1 amide bonds. The molecule has 3 heterocycles. The number of aliphatic hydroxyl groups is 1. The molecule has 0 aliphatic carbocycles. The Kier molecular flexibility index (Phi) is 5.15. The van der Waals surface area contributed by atoms with Crippen molar-refractivity contribution in [2.24, 2.45) is 0 Å². The van der Waals surface area contributed by atoms with Crippen LogP contribution in [-0.4, -0.2) is 36.1 Å². The Balaban J connectivity index is 1.55. The fourth-order valence-corrected chi connectivity index (χ4v) is 3.19. The van der Waals surface area contributed by atoms with E-state index in [-0.39, 0.29) is 30.1 Å². The number of imidazole rings is 1. The molecule has 0 spiro atoms. The number of rotatable bonds is 5. The molecule has 10 heteroatoms. The van der Waals surface area contributed by atoms with E-state index in [1.165, 1.54) is 0 Å². The van der Waals surface area contributed by atoms with E-state index in [0.29, 0.717) is 22.6 Å². The molecule has 4 N–H and O–H groups in total. The number of H-pyrrole nitrogens is 2. The molecule has 0 atom stereocenters. The highest BCUT2D eigenvalue weighted by Crippen LogP contribution is 2.29. The van der Waals surface area contributed by atoms with Crippen molar-refractivity contribution in [2.75, 3.05) is 0 Å². The highest BCUT2D eigenvalue weighted by molar-refractivity contribution is 5.91. The molecule has 0 saturated heterocycles. The van der Waals surface area contributed by atoms with Gasteiger partial charge in [-0.05, 0) is 22.8 Å². The van der Waals surface area contributed by atoms with Crippen LogP contribution < -0.4 is 11.0 Å². The topological polar surface area (TPSA) is 150 Å². The molecule has 4 rings (SSSR count). The number of nitrogens with one attached hydrogen (secondary N) is 3. The SMILES string of the molecule is CC(C)(C)c1noc(C(=O)NCc2ccc(-c3ccnc4[nH]c(=O)[nH]c34)c(CO)c2)n1. The second-order valence-electron chi connectivity index (χ2n) is 8.17. The van der Waals surface area contributed by atoms with Crippen LogP contribution in [-0.2, 0) is 18.6 Å². The number of amides is 1. The summed E-state index contributed by atoms with van der Waals surface area (Å²) in [6, 6.07) is 7.23. The number of carbonyl (C=O) groups excluding carboxylic acids is 1. The van der Waals surface area contributed by atoms with E-state index in [1.54, 1.807) is 18.3 Å². The lowest BCUT2D eigenvalue weighted by molar-refractivity contribution is 0.0907. The van der Waals surface area contributed by atoms with Gasteiger partial charge in [0, 0.05) is 23.7 Å². The fourth-order valence-electron chi connectivity index (χ4n) is 3.19. The van der Waals surface area contributed by atoms with Gasteiger partial charge in [-0.3, -0.25) is 9.78 Å². The van der Waals surface area contributed by atoms with E-state index in [1.807, 2.05) is 32.9 Å². The second kappa shape index (κ2) is 7.80. The zero-order valence-corrected chi connectivity index (χ0v) is 17.3. The Bertz CT molecular complexity index is 1310. The molecule has 1 aromatic carbocycles. The van der Waals surface area contributed by atoms with Crippen LogP contribution in [0.25, 0.3) is 22.3 Å². The number of aromatic amines is 2. The van der Waals surface area contributed by atoms with Crippen molar-refractivity contribution < 1.29 is 14.4 Å². The summed E-state index contributed by atoms with van der Waals surface area (Å²) >= 11 is 0. The summed E-state index contributed by atoms with van der Waals surface area (Å²) in [5, 5.41) is 16.5. The van der Waals surface area contributed by atoms with Crippen LogP contribution in [0, 0.1) is 0 Å². The summed E-state index contributed by atoms with van der Waals surface area (Å²) in [6.45, 7) is 5.78. The molecular formula is C21H22N6O4. The first-order valence-electron chi connectivity index (χ1n) is 9.68. The van der Waals surface area contributed by atoms with Gasteiger partial charge in [-0.1, -0.05) is 44.1 Å². The molecule has 0 fully saturated rings. The molecular weight excluding hydrogens is 400 g/mol. The average Bonchev–Trinajstić information content (AvgIpc) is 3.37. The zero-order chi connectivity index (χ0) is 22.2. The monoisotopic (exact) mass is 422 g/mol. The van der Waals surface area contributed by atoms with Gasteiger partial charge in [0.2, 0.25) is 0 Å². The lowest BCUT2D eigenvalue weighted by atomic mass is 9.96. The Morgan fingerprint density at radius 3 is 2.71 bits per heavy atom. The van der Waals surface area contributed by atoms with Gasteiger partial charge in [-0.25, -0.2) is 9.78 Å². The molecule has 0 aliphatic heterocycles. The Morgan fingerprint density at radius 2 is 2.00 bits per heavy atom. The molecule has 3 aromatic heterocycles. The van der Waals surface area contributed by atoms with Crippen molar-refractivity contribution in [3.05, 3.63) is 63.8 Å². The highest BCUT2D eigenvalue weighted by Gasteiger charge is 2.23. The van der Waals surface area contributed by atoms with Crippen molar-refractivity contribution >= 4 is 17.1 Å². The molecule has 4 aromatic rings. The molecule has 0 radical (unpaired) electrons.